The minimum atomic E-state index is 0.228. The van der Waals surface area contributed by atoms with E-state index in [9.17, 15) is 0 Å². The SMILES string of the molecule is CCCCC(CC)COCC(C)CO. The lowest BCUT2D eigenvalue weighted by atomic mass is 10.0. The van der Waals surface area contributed by atoms with E-state index in [0.717, 1.165) is 6.61 Å². The van der Waals surface area contributed by atoms with Crippen molar-refractivity contribution < 1.29 is 9.84 Å². The highest BCUT2D eigenvalue weighted by molar-refractivity contribution is 4.56. The monoisotopic (exact) mass is 202 g/mol. The molecular formula is C12H26O2. The minimum Gasteiger partial charge on any atom is -0.396 e. The van der Waals surface area contributed by atoms with E-state index in [1.165, 1.54) is 25.7 Å². The third-order valence-corrected chi connectivity index (χ3v) is 2.61. The van der Waals surface area contributed by atoms with Crippen LogP contribution in [0.25, 0.3) is 0 Å². The van der Waals surface area contributed by atoms with Gasteiger partial charge >= 0.3 is 0 Å². The summed E-state index contributed by atoms with van der Waals surface area (Å²) in [6.45, 7) is 8.24. The Hall–Kier alpha value is -0.0800. The van der Waals surface area contributed by atoms with Crippen molar-refractivity contribution in [2.75, 3.05) is 19.8 Å². The molecule has 0 spiro atoms. The molecule has 0 aliphatic carbocycles. The topological polar surface area (TPSA) is 29.5 Å². The maximum absolute atomic E-state index is 8.82. The first-order chi connectivity index (χ1) is 6.74. The molecule has 2 unspecified atom stereocenters. The Balaban J connectivity index is 3.42. The van der Waals surface area contributed by atoms with Crippen LogP contribution in [0.4, 0.5) is 0 Å². The fraction of sp³-hybridized carbons (Fsp3) is 1.00. The Morgan fingerprint density at radius 2 is 1.93 bits per heavy atom. The van der Waals surface area contributed by atoms with Gasteiger partial charge in [-0.3, -0.25) is 0 Å². The van der Waals surface area contributed by atoms with Crippen molar-refractivity contribution in [3.63, 3.8) is 0 Å². The molecule has 2 atom stereocenters. The van der Waals surface area contributed by atoms with Gasteiger partial charge in [-0.15, -0.1) is 0 Å². The molecule has 0 aromatic heterocycles. The third kappa shape index (κ3) is 7.34. The Morgan fingerprint density at radius 3 is 2.43 bits per heavy atom. The summed E-state index contributed by atoms with van der Waals surface area (Å²) in [6, 6.07) is 0. The lowest BCUT2D eigenvalue weighted by Gasteiger charge is -2.16. The lowest BCUT2D eigenvalue weighted by Crippen LogP contribution is -2.15. The van der Waals surface area contributed by atoms with Crippen LogP contribution in [-0.4, -0.2) is 24.9 Å². The summed E-state index contributed by atoms with van der Waals surface area (Å²) in [4.78, 5) is 0. The highest BCUT2D eigenvalue weighted by Crippen LogP contribution is 2.13. The summed E-state index contributed by atoms with van der Waals surface area (Å²) >= 11 is 0. The molecule has 0 saturated carbocycles. The van der Waals surface area contributed by atoms with E-state index in [1.54, 1.807) is 0 Å². The van der Waals surface area contributed by atoms with Gasteiger partial charge in [0, 0.05) is 19.1 Å². The van der Waals surface area contributed by atoms with Gasteiger partial charge in [-0.2, -0.15) is 0 Å². The average molecular weight is 202 g/mol. The first kappa shape index (κ1) is 13.9. The maximum Gasteiger partial charge on any atom is 0.0513 e. The van der Waals surface area contributed by atoms with Crippen LogP contribution in [-0.2, 0) is 4.74 Å². The van der Waals surface area contributed by atoms with E-state index >= 15 is 0 Å². The summed E-state index contributed by atoms with van der Waals surface area (Å²) in [7, 11) is 0. The van der Waals surface area contributed by atoms with E-state index in [0.29, 0.717) is 12.5 Å². The lowest BCUT2D eigenvalue weighted by molar-refractivity contribution is 0.0540. The summed E-state index contributed by atoms with van der Waals surface area (Å²) in [5.74, 6) is 0.986. The molecule has 0 aliphatic rings. The van der Waals surface area contributed by atoms with Crippen LogP contribution in [0.5, 0.6) is 0 Å². The van der Waals surface area contributed by atoms with Gasteiger partial charge in [0.25, 0.3) is 0 Å². The van der Waals surface area contributed by atoms with Crippen LogP contribution >= 0.6 is 0 Å². The van der Waals surface area contributed by atoms with Crippen molar-refractivity contribution in [2.24, 2.45) is 11.8 Å². The molecule has 0 fully saturated rings. The molecule has 0 rings (SSSR count). The van der Waals surface area contributed by atoms with Gasteiger partial charge < -0.3 is 9.84 Å². The van der Waals surface area contributed by atoms with Crippen LogP contribution in [0.15, 0.2) is 0 Å². The predicted octanol–water partition coefficient (Wildman–Crippen LogP) is 2.85. The van der Waals surface area contributed by atoms with Crippen molar-refractivity contribution in [1.29, 1.82) is 0 Å². The molecule has 0 aromatic carbocycles. The summed E-state index contributed by atoms with van der Waals surface area (Å²) < 4.78 is 5.58. The van der Waals surface area contributed by atoms with Crippen molar-refractivity contribution in [2.45, 2.75) is 46.5 Å². The fourth-order valence-electron chi connectivity index (χ4n) is 1.39. The van der Waals surface area contributed by atoms with E-state index in [4.69, 9.17) is 9.84 Å². The Morgan fingerprint density at radius 1 is 1.21 bits per heavy atom. The minimum absolute atomic E-state index is 0.228. The van der Waals surface area contributed by atoms with Crippen molar-refractivity contribution in [1.82, 2.24) is 0 Å². The Labute approximate surface area is 88.7 Å². The molecule has 0 heterocycles. The van der Waals surface area contributed by atoms with Gasteiger partial charge in [-0.25, -0.2) is 0 Å². The molecule has 0 aliphatic heterocycles. The second-order valence-corrected chi connectivity index (χ2v) is 4.24. The molecule has 0 radical (unpaired) electrons. The molecular weight excluding hydrogens is 176 g/mol. The van der Waals surface area contributed by atoms with Crippen LogP contribution in [0.1, 0.15) is 46.5 Å². The largest absolute Gasteiger partial charge is 0.396 e. The zero-order chi connectivity index (χ0) is 10.8. The van der Waals surface area contributed by atoms with E-state index in [1.807, 2.05) is 6.92 Å². The second-order valence-electron chi connectivity index (χ2n) is 4.24. The molecule has 0 saturated heterocycles. The summed E-state index contributed by atoms with van der Waals surface area (Å²) in [5, 5.41) is 8.82. The van der Waals surface area contributed by atoms with Gasteiger partial charge in [0.1, 0.15) is 0 Å². The molecule has 2 nitrogen and oxygen atoms in total. The number of aliphatic hydroxyl groups is 1. The van der Waals surface area contributed by atoms with Crippen LogP contribution < -0.4 is 0 Å². The maximum atomic E-state index is 8.82. The number of unbranched alkanes of at least 4 members (excludes halogenated alkanes) is 1. The molecule has 0 amide bonds. The first-order valence-electron chi connectivity index (χ1n) is 5.93. The smallest absolute Gasteiger partial charge is 0.0513 e. The molecule has 2 heteroatoms. The molecule has 0 aromatic rings. The standard InChI is InChI=1S/C12H26O2/c1-4-6-7-12(5-2)10-14-9-11(3)8-13/h11-13H,4-10H2,1-3H3. The van der Waals surface area contributed by atoms with Gasteiger partial charge in [-0.1, -0.05) is 40.0 Å². The van der Waals surface area contributed by atoms with E-state index < -0.39 is 0 Å². The number of ether oxygens (including phenoxy) is 1. The Bertz CT molecular complexity index is 115. The second kappa shape index (κ2) is 9.47. The predicted molar refractivity (Wildman–Crippen MR) is 60.4 cm³/mol. The highest BCUT2D eigenvalue weighted by Gasteiger charge is 2.07. The highest BCUT2D eigenvalue weighted by atomic mass is 16.5. The van der Waals surface area contributed by atoms with Crippen LogP contribution in [0, 0.1) is 11.8 Å². The first-order valence-corrected chi connectivity index (χ1v) is 5.93. The van der Waals surface area contributed by atoms with Crippen LogP contribution in [0.2, 0.25) is 0 Å². The number of rotatable bonds is 9. The zero-order valence-corrected chi connectivity index (χ0v) is 9.96. The fourth-order valence-corrected chi connectivity index (χ4v) is 1.39. The summed E-state index contributed by atoms with van der Waals surface area (Å²) in [5.41, 5.74) is 0. The number of hydrogen-bond acceptors (Lipinski definition) is 2. The normalized spacial score (nSPS) is 15.4. The molecule has 86 valence electrons. The van der Waals surface area contributed by atoms with Gasteiger partial charge in [0.15, 0.2) is 0 Å². The van der Waals surface area contributed by atoms with E-state index in [2.05, 4.69) is 13.8 Å². The van der Waals surface area contributed by atoms with Crippen LogP contribution in [0.3, 0.4) is 0 Å². The average Bonchev–Trinajstić information content (AvgIpc) is 2.22. The van der Waals surface area contributed by atoms with Crippen molar-refractivity contribution in [3.05, 3.63) is 0 Å². The zero-order valence-electron chi connectivity index (χ0n) is 9.96. The third-order valence-electron chi connectivity index (χ3n) is 2.61. The Kier molecular flexibility index (Phi) is 9.42. The van der Waals surface area contributed by atoms with Gasteiger partial charge in [0.05, 0.1) is 6.61 Å². The quantitative estimate of drug-likeness (QED) is 0.623. The van der Waals surface area contributed by atoms with E-state index in [-0.39, 0.29) is 12.5 Å². The van der Waals surface area contributed by atoms with Crippen molar-refractivity contribution >= 4 is 0 Å². The number of hydrogen-bond donors (Lipinski definition) is 1. The van der Waals surface area contributed by atoms with Crippen molar-refractivity contribution in [3.8, 4) is 0 Å². The van der Waals surface area contributed by atoms with Gasteiger partial charge in [-0.05, 0) is 12.3 Å². The molecule has 14 heavy (non-hydrogen) atoms. The van der Waals surface area contributed by atoms with Gasteiger partial charge in [0.2, 0.25) is 0 Å². The number of aliphatic hydroxyl groups excluding tert-OH is 1. The molecule has 1 N–H and O–H groups in total. The summed E-state index contributed by atoms with van der Waals surface area (Å²) in [6.07, 6.45) is 5.05. The molecule has 0 bridgehead atoms.